The topological polar surface area (TPSA) is 111 Å². The van der Waals surface area contributed by atoms with Crippen molar-refractivity contribution in [1.29, 1.82) is 0 Å². The summed E-state index contributed by atoms with van der Waals surface area (Å²) in [5, 5.41) is 2.36. The minimum Gasteiger partial charge on any atom is -0.496 e. The number of ether oxygens (including phenoxy) is 3. The lowest BCUT2D eigenvalue weighted by molar-refractivity contribution is -0.229. The fraction of sp³-hybridized carbons (Fsp3) is 0.655. The number of imide groups is 1. The Hall–Kier alpha value is -2.94. The van der Waals surface area contributed by atoms with Gasteiger partial charge in [-0.05, 0) is 70.5 Å². The van der Waals surface area contributed by atoms with Crippen LogP contribution in [0.4, 0.5) is 0 Å². The molecule has 1 aliphatic carbocycles. The van der Waals surface area contributed by atoms with Crippen LogP contribution < -0.4 is 10.1 Å². The second-order valence-electron chi connectivity index (χ2n) is 11.2. The number of fused-ring (bicyclic) bond motifs is 2. The molecular weight excluding hydrogens is 488 g/mol. The largest absolute Gasteiger partial charge is 0.496 e. The molecule has 9 nitrogen and oxygen atoms in total. The van der Waals surface area contributed by atoms with Gasteiger partial charge in [0.05, 0.1) is 7.11 Å². The van der Waals surface area contributed by atoms with Gasteiger partial charge in [0.1, 0.15) is 11.9 Å². The quantitative estimate of drug-likeness (QED) is 0.190. The minimum absolute atomic E-state index is 0.0929. The van der Waals surface area contributed by atoms with E-state index in [4.69, 9.17) is 14.2 Å². The number of hydrogen-bond donors (Lipinski definition) is 1. The van der Waals surface area contributed by atoms with Crippen molar-refractivity contribution in [1.82, 2.24) is 10.2 Å². The number of nitrogens with one attached hydrogen (secondary N) is 1. The minimum atomic E-state index is -1.12. The molecule has 0 aromatic heterocycles. The Balaban J connectivity index is 1.31. The van der Waals surface area contributed by atoms with Gasteiger partial charge in [-0.25, -0.2) is 9.59 Å². The van der Waals surface area contributed by atoms with E-state index in [9.17, 15) is 19.2 Å². The molecule has 1 aromatic carbocycles. The third kappa shape index (κ3) is 5.72. The monoisotopic (exact) mass is 528 g/mol. The number of carbonyl (C=O) groups excluding carboxylic acids is 4. The van der Waals surface area contributed by atoms with E-state index in [0.29, 0.717) is 25.3 Å². The molecule has 208 valence electrons. The van der Waals surface area contributed by atoms with Crippen molar-refractivity contribution in [3.8, 4) is 5.75 Å². The van der Waals surface area contributed by atoms with Crippen molar-refractivity contribution >= 4 is 23.8 Å². The number of methoxy groups -OCH3 is 1. The number of para-hydroxylation sites is 1. The molecule has 2 heterocycles. The first kappa shape index (κ1) is 28.1. The number of piperidine rings is 1. The first-order valence-corrected chi connectivity index (χ1v) is 13.8. The van der Waals surface area contributed by atoms with Crippen LogP contribution in [0, 0.1) is 5.41 Å². The Morgan fingerprint density at radius 3 is 2.42 bits per heavy atom. The molecule has 2 atom stereocenters. The predicted octanol–water partition coefficient (Wildman–Crippen LogP) is 3.32. The third-order valence-electron chi connectivity index (χ3n) is 8.61. The van der Waals surface area contributed by atoms with Gasteiger partial charge < -0.3 is 19.1 Å². The molecule has 2 aliphatic heterocycles. The summed E-state index contributed by atoms with van der Waals surface area (Å²) in [7, 11) is 1.70. The summed E-state index contributed by atoms with van der Waals surface area (Å²) in [5.41, 5.74) is -0.734. The first-order valence-electron chi connectivity index (χ1n) is 13.8. The molecule has 1 N–H and O–H groups in total. The van der Waals surface area contributed by atoms with E-state index in [1.165, 1.54) is 5.56 Å². The lowest BCUT2D eigenvalue weighted by Crippen LogP contribution is -2.63. The molecule has 2 saturated heterocycles. The van der Waals surface area contributed by atoms with Crippen LogP contribution in [0.2, 0.25) is 0 Å². The van der Waals surface area contributed by atoms with E-state index in [2.05, 4.69) is 30.1 Å². The normalized spacial score (nSPS) is 24.4. The number of amides is 2. The number of carbonyl (C=O) groups is 4. The zero-order valence-electron chi connectivity index (χ0n) is 22.8. The molecule has 1 spiro atoms. The number of rotatable bonds is 12. The Morgan fingerprint density at radius 2 is 1.71 bits per heavy atom. The molecule has 3 fully saturated rings. The highest BCUT2D eigenvalue weighted by Crippen LogP contribution is 2.58. The van der Waals surface area contributed by atoms with Crippen molar-refractivity contribution in [2.45, 2.75) is 95.8 Å². The standard InChI is InChI=1S/C29H40N2O7/c1-20(2)31(17-13-21-10-6-7-11-22(21)36-3)16-9-5-4-8-14-29-23(37-26(34)27(35)38-29)12-15-28(29)18-24(32)30-25(33)19-28/h6-7,10-11,20,23H,4-5,8-9,12-19H2,1-3H3,(H,30,32,33). The van der Waals surface area contributed by atoms with Crippen LogP contribution in [0.15, 0.2) is 24.3 Å². The second kappa shape index (κ2) is 11.8. The van der Waals surface area contributed by atoms with Gasteiger partial charge in [0.25, 0.3) is 0 Å². The molecule has 4 rings (SSSR count). The highest BCUT2D eigenvalue weighted by molar-refractivity contribution is 6.30. The van der Waals surface area contributed by atoms with Crippen molar-refractivity contribution in [2.24, 2.45) is 5.41 Å². The lowest BCUT2D eigenvalue weighted by Gasteiger charge is -2.49. The van der Waals surface area contributed by atoms with Gasteiger partial charge in [-0.3, -0.25) is 14.9 Å². The van der Waals surface area contributed by atoms with Crippen molar-refractivity contribution in [2.75, 3.05) is 20.2 Å². The summed E-state index contributed by atoms with van der Waals surface area (Å²) in [5.74, 6) is -1.82. The number of hydrogen-bond acceptors (Lipinski definition) is 8. The summed E-state index contributed by atoms with van der Waals surface area (Å²) < 4.78 is 16.8. The highest BCUT2D eigenvalue weighted by atomic mass is 16.7. The maximum absolute atomic E-state index is 12.3. The van der Waals surface area contributed by atoms with Crippen LogP contribution in [0.25, 0.3) is 0 Å². The summed E-state index contributed by atoms with van der Waals surface area (Å²) in [6.07, 6.45) is 5.64. The summed E-state index contributed by atoms with van der Waals surface area (Å²) >= 11 is 0. The molecule has 9 heteroatoms. The Kier molecular flexibility index (Phi) is 8.75. The van der Waals surface area contributed by atoms with E-state index in [0.717, 1.165) is 50.9 Å². The summed E-state index contributed by atoms with van der Waals surface area (Å²) in [6.45, 7) is 6.34. The van der Waals surface area contributed by atoms with Crippen molar-refractivity contribution in [3.05, 3.63) is 29.8 Å². The van der Waals surface area contributed by atoms with Gasteiger partial charge in [-0.1, -0.05) is 31.0 Å². The number of nitrogens with zero attached hydrogens (tertiary/aromatic N) is 1. The van der Waals surface area contributed by atoms with Gasteiger partial charge in [-0.2, -0.15) is 0 Å². The van der Waals surface area contributed by atoms with Crippen LogP contribution >= 0.6 is 0 Å². The maximum Gasteiger partial charge on any atom is 0.418 e. The van der Waals surface area contributed by atoms with Crippen LogP contribution in [-0.4, -0.2) is 66.6 Å². The molecular formula is C29H40N2O7. The average molecular weight is 529 g/mol. The van der Waals surface area contributed by atoms with Gasteiger partial charge >= 0.3 is 11.9 Å². The molecule has 2 amide bonds. The molecule has 1 saturated carbocycles. The Labute approximate surface area is 224 Å². The average Bonchev–Trinajstić information content (AvgIpc) is 3.14. The van der Waals surface area contributed by atoms with E-state index in [1.807, 2.05) is 18.2 Å². The van der Waals surface area contributed by atoms with Gasteiger partial charge in [0, 0.05) is 30.8 Å². The van der Waals surface area contributed by atoms with Crippen LogP contribution in [-0.2, 0) is 35.1 Å². The fourth-order valence-corrected chi connectivity index (χ4v) is 6.64. The van der Waals surface area contributed by atoms with Crippen LogP contribution in [0.3, 0.4) is 0 Å². The number of benzene rings is 1. The van der Waals surface area contributed by atoms with Crippen molar-refractivity contribution in [3.63, 3.8) is 0 Å². The fourth-order valence-electron chi connectivity index (χ4n) is 6.64. The highest BCUT2D eigenvalue weighted by Gasteiger charge is 2.68. The van der Waals surface area contributed by atoms with E-state index >= 15 is 0 Å². The smallest absolute Gasteiger partial charge is 0.418 e. The van der Waals surface area contributed by atoms with E-state index in [1.54, 1.807) is 7.11 Å². The van der Waals surface area contributed by atoms with Crippen LogP contribution in [0.1, 0.15) is 77.2 Å². The van der Waals surface area contributed by atoms with E-state index < -0.39 is 29.1 Å². The molecule has 2 unspecified atom stereocenters. The van der Waals surface area contributed by atoms with Crippen LogP contribution in [0.5, 0.6) is 5.75 Å². The van der Waals surface area contributed by atoms with E-state index in [-0.39, 0.29) is 24.7 Å². The zero-order chi connectivity index (χ0) is 27.3. The maximum atomic E-state index is 12.3. The molecule has 1 aromatic rings. The number of esters is 2. The molecule has 38 heavy (non-hydrogen) atoms. The first-order chi connectivity index (χ1) is 18.2. The molecule has 0 radical (unpaired) electrons. The SMILES string of the molecule is COc1ccccc1CCN(CCCCCCC12OC(=O)C(=O)OC1CCC21CC(=O)NC(=O)C1)C(C)C. The van der Waals surface area contributed by atoms with Crippen molar-refractivity contribution < 1.29 is 33.4 Å². The molecule has 3 aliphatic rings. The van der Waals surface area contributed by atoms with Gasteiger partial charge in [-0.15, -0.1) is 0 Å². The van der Waals surface area contributed by atoms with Gasteiger partial charge in [0.15, 0.2) is 5.60 Å². The number of unbranched alkanes of at least 4 members (excludes halogenated alkanes) is 3. The third-order valence-corrected chi connectivity index (χ3v) is 8.61. The summed E-state index contributed by atoms with van der Waals surface area (Å²) in [4.78, 5) is 51.4. The lowest BCUT2D eigenvalue weighted by atomic mass is 9.65. The van der Waals surface area contributed by atoms with Gasteiger partial charge in [0.2, 0.25) is 11.8 Å². The predicted molar refractivity (Wildman–Crippen MR) is 139 cm³/mol. The summed E-state index contributed by atoms with van der Waals surface area (Å²) in [6, 6.07) is 8.55. The Morgan fingerprint density at radius 1 is 1.00 bits per heavy atom. The Bertz CT molecular complexity index is 1040. The second-order valence-corrected chi connectivity index (χ2v) is 11.2. The zero-order valence-corrected chi connectivity index (χ0v) is 22.8. The molecule has 0 bridgehead atoms.